The Kier molecular flexibility index (Phi) is 8.06. The molecule has 0 saturated carbocycles. The van der Waals surface area contributed by atoms with E-state index in [0.29, 0.717) is 0 Å². The molecule has 3 aromatic carbocycles. The molecule has 2 amide bonds. The summed E-state index contributed by atoms with van der Waals surface area (Å²) in [6.45, 7) is 1.48. The molecule has 0 heterocycles. The van der Waals surface area contributed by atoms with E-state index in [4.69, 9.17) is 4.74 Å². The first kappa shape index (κ1) is 22.4. The Labute approximate surface area is 185 Å². The number of hydrogen-bond acceptors (Lipinski definition) is 4. The number of benzene rings is 3. The summed E-state index contributed by atoms with van der Waals surface area (Å²) in [7, 11) is 0. The Morgan fingerprint density at radius 1 is 0.871 bits per heavy atom. The van der Waals surface area contributed by atoms with Crippen LogP contribution in [0.3, 0.4) is 0 Å². The van der Waals surface area contributed by atoms with E-state index in [1.807, 2.05) is 60.7 Å². The smallest absolute Gasteiger partial charge is 0.279 e. The van der Waals surface area contributed by atoms with Crippen LogP contribution < -0.4 is 15.6 Å². The SMILES string of the molecule is C[C@@H](Oc1ccccc1F)C(=O)NNC(=O)CSC(c1ccccc1)c1ccccc1. The average molecular weight is 439 g/mol. The summed E-state index contributed by atoms with van der Waals surface area (Å²) < 4.78 is 19.0. The highest BCUT2D eigenvalue weighted by atomic mass is 32.2. The molecule has 0 unspecified atom stereocenters. The van der Waals surface area contributed by atoms with Crippen molar-refractivity contribution < 1.29 is 18.7 Å². The molecule has 3 aromatic rings. The third-order valence-electron chi connectivity index (χ3n) is 4.42. The van der Waals surface area contributed by atoms with Gasteiger partial charge in [-0.15, -0.1) is 11.8 Å². The van der Waals surface area contributed by atoms with Gasteiger partial charge in [0.05, 0.1) is 11.0 Å². The van der Waals surface area contributed by atoms with E-state index in [-0.39, 0.29) is 22.7 Å². The van der Waals surface area contributed by atoms with Crippen molar-refractivity contribution in [1.29, 1.82) is 0 Å². The molecule has 0 saturated heterocycles. The van der Waals surface area contributed by atoms with Crippen molar-refractivity contribution in [1.82, 2.24) is 10.9 Å². The fourth-order valence-electron chi connectivity index (χ4n) is 2.85. The summed E-state index contributed by atoms with van der Waals surface area (Å²) in [6.07, 6.45) is -0.980. The molecule has 31 heavy (non-hydrogen) atoms. The summed E-state index contributed by atoms with van der Waals surface area (Å²) >= 11 is 1.46. The maximum atomic E-state index is 13.7. The Morgan fingerprint density at radius 2 is 1.42 bits per heavy atom. The second-order valence-electron chi connectivity index (χ2n) is 6.74. The largest absolute Gasteiger partial charge is 0.478 e. The molecule has 0 radical (unpaired) electrons. The van der Waals surface area contributed by atoms with E-state index >= 15 is 0 Å². The number of hydrazine groups is 1. The monoisotopic (exact) mass is 438 g/mol. The van der Waals surface area contributed by atoms with E-state index in [0.717, 1.165) is 11.1 Å². The number of hydrogen-bond donors (Lipinski definition) is 2. The van der Waals surface area contributed by atoms with Crippen LogP contribution in [0.1, 0.15) is 23.3 Å². The van der Waals surface area contributed by atoms with Gasteiger partial charge in [-0.1, -0.05) is 72.8 Å². The van der Waals surface area contributed by atoms with Crippen molar-refractivity contribution in [3.05, 3.63) is 102 Å². The lowest BCUT2D eigenvalue weighted by atomic mass is 10.0. The number of rotatable bonds is 8. The Bertz CT molecular complexity index is 962. The van der Waals surface area contributed by atoms with Gasteiger partial charge in [0.2, 0.25) is 5.91 Å². The van der Waals surface area contributed by atoms with Crippen LogP contribution in [-0.2, 0) is 9.59 Å². The molecule has 0 aliphatic heterocycles. The van der Waals surface area contributed by atoms with Crippen molar-refractivity contribution in [3.8, 4) is 5.75 Å². The number of halogens is 1. The molecular weight excluding hydrogens is 415 g/mol. The number of nitrogens with one attached hydrogen (secondary N) is 2. The second-order valence-corrected chi connectivity index (χ2v) is 7.83. The second kappa shape index (κ2) is 11.2. The first-order chi connectivity index (χ1) is 15.0. The number of amides is 2. The van der Waals surface area contributed by atoms with E-state index in [2.05, 4.69) is 10.9 Å². The molecule has 2 N–H and O–H groups in total. The molecule has 5 nitrogen and oxygen atoms in total. The van der Waals surface area contributed by atoms with E-state index in [9.17, 15) is 14.0 Å². The standard InChI is InChI=1S/C24H23FN2O3S/c1-17(30-21-15-9-8-14-20(21)25)24(29)27-26-22(28)16-31-23(18-10-4-2-5-11-18)19-12-6-3-7-13-19/h2-15,17,23H,16H2,1H3,(H,26,28)(H,27,29)/t17-/m1/s1. The van der Waals surface area contributed by atoms with Crippen LogP contribution in [0.2, 0.25) is 0 Å². The minimum absolute atomic E-state index is 0.0211. The highest BCUT2D eigenvalue weighted by Crippen LogP contribution is 2.35. The van der Waals surface area contributed by atoms with Gasteiger partial charge in [-0.2, -0.15) is 0 Å². The molecule has 0 aliphatic carbocycles. The molecule has 3 rings (SSSR count). The van der Waals surface area contributed by atoms with Crippen LogP contribution in [-0.4, -0.2) is 23.7 Å². The van der Waals surface area contributed by atoms with Crippen LogP contribution in [0.5, 0.6) is 5.75 Å². The van der Waals surface area contributed by atoms with Crippen LogP contribution >= 0.6 is 11.8 Å². The molecule has 1 atom stereocenters. The van der Waals surface area contributed by atoms with E-state index in [1.165, 1.54) is 36.9 Å². The first-order valence-corrected chi connectivity index (χ1v) is 10.8. The van der Waals surface area contributed by atoms with Crippen molar-refractivity contribution in [2.75, 3.05) is 5.75 Å². The van der Waals surface area contributed by atoms with Crippen LogP contribution in [0.15, 0.2) is 84.9 Å². The number of carbonyl (C=O) groups is 2. The zero-order valence-corrected chi connectivity index (χ0v) is 17.8. The molecule has 7 heteroatoms. The molecule has 160 valence electrons. The van der Waals surface area contributed by atoms with Gasteiger partial charge in [0.25, 0.3) is 5.91 Å². The highest BCUT2D eigenvalue weighted by molar-refractivity contribution is 8.00. The lowest BCUT2D eigenvalue weighted by Gasteiger charge is -2.18. The van der Waals surface area contributed by atoms with Gasteiger partial charge in [0.15, 0.2) is 17.7 Å². The number of ether oxygens (including phenoxy) is 1. The number of carbonyl (C=O) groups excluding carboxylic acids is 2. The number of para-hydroxylation sites is 1. The van der Waals surface area contributed by atoms with Crippen molar-refractivity contribution in [2.24, 2.45) is 0 Å². The van der Waals surface area contributed by atoms with Crippen molar-refractivity contribution >= 4 is 23.6 Å². The van der Waals surface area contributed by atoms with Crippen LogP contribution in [0.25, 0.3) is 0 Å². The topological polar surface area (TPSA) is 67.4 Å². The van der Waals surface area contributed by atoms with Gasteiger partial charge in [0.1, 0.15) is 0 Å². The van der Waals surface area contributed by atoms with Gasteiger partial charge >= 0.3 is 0 Å². The predicted molar refractivity (Wildman–Crippen MR) is 120 cm³/mol. The highest BCUT2D eigenvalue weighted by Gasteiger charge is 2.19. The number of thioether (sulfide) groups is 1. The summed E-state index contributed by atoms with van der Waals surface area (Å²) in [5, 5.41) is -0.0211. The average Bonchev–Trinajstić information content (AvgIpc) is 2.80. The minimum Gasteiger partial charge on any atom is -0.478 e. The van der Waals surface area contributed by atoms with Gasteiger partial charge in [-0.05, 0) is 30.2 Å². The molecule has 0 fully saturated rings. The summed E-state index contributed by atoms with van der Waals surface area (Å²) in [5.41, 5.74) is 6.89. The zero-order chi connectivity index (χ0) is 22.1. The predicted octanol–water partition coefficient (Wildman–Crippen LogP) is 4.26. The van der Waals surface area contributed by atoms with Gasteiger partial charge < -0.3 is 4.74 Å². The molecule has 0 aromatic heterocycles. The van der Waals surface area contributed by atoms with Crippen molar-refractivity contribution in [3.63, 3.8) is 0 Å². The fourth-order valence-corrected chi connectivity index (χ4v) is 3.94. The lowest BCUT2D eigenvalue weighted by molar-refractivity contribution is -0.132. The third kappa shape index (κ3) is 6.58. The van der Waals surface area contributed by atoms with E-state index in [1.54, 1.807) is 6.07 Å². The summed E-state index contributed by atoms with van der Waals surface area (Å²) in [6, 6.07) is 25.6. The van der Waals surface area contributed by atoms with Crippen molar-refractivity contribution in [2.45, 2.75) is 18.3 Å². The zero-order valence-electron chi connectivity index (χ0n) is 17.0. The van der Waals surface area contributed by atoms with Gasteiger partial charge in [-0.25, -0.2) is 4.39 Å². The lowest BCUT2D eigenvalue weighted by Crippen LogP contribution is -2.47. The summed E-state index contributed by atoms with van der Waals surface area (Å²) in [5.74, 6) is -1.38. The first-order valence-electron chi connectivity index (χ1n) is 9.76. The Morgan fingerprint density at radius 3 is 2.00 bits per heavy atom. The normalized spacial score (nSPS) is 11.6. The van der Waals surface area contributed by atoms with Gasteiger partial charge in [0, 0.05) is 0 Å². The maximum Gasteiger partial charge on any atom is 0.279 e. The molecule has 0 spiro atoms. The maximum absolute atomic E-state index is 13.7. The minimum atomic E-state index is -0.980. The molecule has 0 aliphatic rings. The Hall–Kier alpha value is -3.32. The third-order valence-corrected chi connectivity index (χ3v) is 5.73. The fraction of sp³-hybridized carbons (Fsp3) is 0.167. The van der Waals surface area contributed by atoms with Crippen LogP contribution in [0.4, 0.5) is 4.39 Å². The molecular formula is C24H23FN2O3S. The summed E-state index contributed by atoms with van der Waals surface area (Å²) in [4.78, 5) is 24.5. The molecule has 0 bridgehead atoms. The van der Waals surface area contributed by atoms with E-state index < -0.39 is 17.8 Å². The van der Waals surface area contributed by atoms with Crippen LogP contribution in [0, 0.1) is 5.82 Å². The quantitative estimate of drug-likeness (QED) is 0.516. The Balaban J connectivity index is 1.52. The van der Waals surface area contributed by atoms with Gasteiger partial charge in [-0.3, -0.25) is 20.4 Å².